The number of aromatic hydroxyl groups is 1. The summed E-state index contributed by atoms with van der Waals surface area (Å²) in [6.45, 7) is 0. The lowest BCUT2D eigenvalue weighted by molar-refractivity contribution is 0.469. The largest absolute Gasteiger partial charge is 0.508 e. The van der Waals surface area contributed by atoms with E-state index in [4.69, 9.17) is 5.11 Å². The Morgan fingerprint density at radius 3 is 2.69 bits per heavy atom. The van der Waals surface area contributed by atoms with Gasteiger partial charge in [-0.1, -0.05) is 0 Å². The molecule has 66 valence electrons. The molecule has 13 heavy (non-hydrogen) atoms. The number of phenols is 1. The summed E-state index contributed by atoms with van der Waals surface area (Å²) < 4.78 is 12.8. The number of hydrogen-bond acceptors (Lipinski definition) is 2. The van der Waals surface area contributed by atoms with Crippen molar-refractivity contribution in [2.75, 3.05) is 0 Å². The van der Waals surface area contributed by atoms with E-state index in [-0.39, 0.29) is 5.75 Å². The quantitative estimate of drug-likeness (QED) is 0.700. The van der Waals surface area contributed by atoms with Crippen molar-refractivity contribution in [1.82, 2.24) is 10.2 Å². The summed E-state index contributed by atoms with van der Waals surface area (Å²) in [6.07, 6.45) is 3.20. The van der Waals surface area contributed by atoms with Crippen LogP contribution in [0.15, 0.2) is 30.6 Å². The first-order valence-electron chi connectivity index (χ1n) is 3.74. The molecule has 1 heterocycles. The Bertz CT molecular complexity index is 391. The minimum atomic E-state index is -0.462. The van der Waals surface area contributed by atoms with Gasteiger partial charge < -0.3 is 5.11 Å². The molecule has 3 nitrogen and oxygen atoms in total. The van der Waals surface area contributed by atoms with Gasteiger partial charge in [0.25, 0.3) is 0 Å². The van der Waals surface area contributed by atoms with E-state index in [1.165, 1.54) is 12.1 Å². The first-order valence-corrected chi connectivity index (χ1v) is 3.74. The van der Waals surface area contributed by atoms with Gasteiger partial charge in [-0.25, -0.2) is 4.39 Å². The fourth-order valence-electron chi connectivity index (χ4n) is 1.15. The smallest absolute Gasteiger partial charge is 0.127 e. The minimum Gasteiger partial charge on any atom is -0.508 e. The molecule has 2 rings (SSSR count). The number of halogens is 1. The molecular weight excluding hydrogens is 171 g/mol. The van der Waals surface area contributed by atoms with Gasteiger partial charge in [0, 0.05) is 17.8 Å². The molecule has 0 spiro atoms. The van der Waals surface area contributed by atoms with Gasteiger partial charge in [-0.15, -0.1) is 0 Å². The first-order chi connectivity index (χ1) is 6.25. The third-order valence-electron chi connectivity index (χ3n) is 1.71. The van der Waals surface area contributed by atoms with E-state index in [0.717, 1.165) is 11.6 Å². The van der Waals surface area contributed by atoms with Crippen LogP contribution in [-0.4, -0.2) is 15.3 Å². The molecule has 0 fully saturated rings. The Morgan fingerprint density at radius 1 is 1.23 bits per heavy atom. The van der Waals surface area contributed by atoms with Crippen LogP contribution < -0.4 is 0 Å². The van der Waals surface area contributed by atoms with Crippen molar-refractivity contribution in [3.63, 3.8) is 0 Å². The van der Waals surface area contributed by atoms with E-state index in [0.29, 0.717) is 5.56 Å². The van der Waals surface area contributed by atoms with Gasteiger partial charge in [-0.2, -0.15) is 5.10 Å². The number of benzene rings is 1. The topological polar surface area (TPSA) is 48.9 Å². The summed E-state index contributed by atoms with van der Waals surface area (Å²) in [5, 5.41) is 15.5. The third-order valence-corrected chi connectivity index (χ3v) is 1.71. The zero-order chi connectivity index (χ0) is 9.26. The molecule has 1 aromatic carbocycles. The van der Waals surface area contributed by atoms with Crippen LogP contribution in [0.3, 0.4) is 0 Å². The highest BCUT2D eigenvalue weighted by atomic mass is 19.1. The maximum Gasteiger partial charge on any atom is 0.127 e. The lowest BCUT2D eigenvalue weighted by Crippen LogP contribution is -1.78. The molecular formula is C9H7FN2O. The summed E-state index contributed by atoms with van der Waals surface area (Å²) in [7, 11) is 0. The van der Waals surface area contributed by atoms with E-state index >= 15 is 0 Å². The zero-order valence-electron chi connectivity index (χ0n) is 6.66. The van der Waals surface area contributed by atoms with Crippen LogP contribution in [-0.2, 0) is 0 Å². The van der Waals surface area contributed by atoms with Gasteiger partial charge in [0.2, 0.25) is 0 Å². The second kappa shape index (κ2) is 2.90. The Morgan fingerprint density at radius 2 is 2.08 bits per heavy atom. The van der Waals surface area contributed by atoms with E-state index in [9.17, 15) is 4.39 Å². The number of aromatic nitrogens is 2. The Labute approximate surface area is 73.8 Å². The second-order valence-corrected chi connectivity index (χ2v) is 2.69. The van der Waals surface area contributed by atoms with Gasteiger partial charge in [-0.05, 0) is 17.7 Å². The fourth-order valence-corrected chi connectivity index (χ4v) is 1.15. The standard InChI is InChI=1S/C9H7FN2O/c10-8-1-6(2-9(13)3-8)7-4-11-12-5-7/h1-5,13H,(H,11,12). The van der Waals surface area contributed by atoms with Crippen molar-refractivity contribution in [2.45, 2.75) is 0 Å². The molecule has 0 radical (unpaired) electrons. The summed E-state index contributed by atoms with van der Waals surface area (Å²) in [4.78, 5) is 0. The van der Waals surface area contributed by atoms with Crippen molar-refractivity contribution < 1.29 is 9.50 Å². The van der Waals surface area contributed by atoms with Crippen molar-refractivity contribution in [3.8, 4) is 16.9 Å². The van der Waals surface area contributed by atoms with Crippen LogP contribution in [0.5, 0.6) is 5.75 Å². The third kappa shape index (κ3) is 1.51. The van der Waals surface area contributed by atoms with E-state index in [1.54, 1.807) is 12.4 Å². The van der Waals surface area contributed by atoms with E-state index in [1.807, 2.05) is 0 Å². The van der Waals surface area contributed by atoms with E-state index < -0.39 is 5.82 Å². The Kier molecular flexibility index (Phi) is 1.73. The second-order valence-electron chi connectivity index (χ2n) is 2.69. The minimum absolute atomic E-state index is 0.0869. The van der Waals surface area contributed by atoms with Gasteiger partial charge in [0.05, 0.1) is 6.20 Å². The van der Waals surface area contributed by atoms with Crippen LogP contribution in [0.4, 0.5) is 4.39 Å². The number of H-pyrrole nitrogens is 1. The molecule has 2 aromatic rings. The fraction of sp³-hybridized carbons (Fsp3) is 0. The molecule has 1 aromatic heterocycles. The molecule has 2 N–H and O–H groups in total. The average molecular weight is 178 g/mol. The van der Waals surface area contributed by atoms with Gasteiger partial charge in [0.15, 0.2) is 0 Å². The van der Waals surface area contributed by atoms with Crippen molar-refractivity contribution in [1.29, 1.82) is 0 Å². The highest BCUT2D eigenvalue weighted by Gasteiger charge is 2.02. The number of hydrogen-bond donors (Lipinski definition) is 2. The Hall–Kier alpha value is -1.84. The van der Waals surface area contributed by atoms with Gasteiger partial charge in [0.1, 0.15) is 11.6 Å². The van der Waals surface area contributed by atoms with Crippen LogP contribution in [0.1, 0.15) is 0 Å². The molecule has 0 aliphatic rings. The van der Waals surface area contributed by atoms with Crippen LogP contribution in [0.25, 0.3) is 11.1 Å². The number of phenolic OH excluding ortho intramolecular Hbond substituents is 1. The molecule has 0 aliphatic heterocycles. The number of rotatable bonds is 1. The molecule has 0 aliphatic carbocycles. The van der Waals surface area contributed by atoms with Crippen LogP contribution in [0, 0.1) is 5.82 Å². The van der Waals surface area contributed by atoms with Crippen molar-refractivity contribution in [3.05, 3.63) is 36.4 Å². The summed E-state index contributed by atoms with van der Waals surface area (Å²) in [5.74, 6) is -0.549. The molecule has 0 saturated carbocycles. The van der Waals surface area contributed by atoms with E-state index in [2.05, 4.69) is 10.2 Å². The number of aromatic amines is 1. The van der Waals surface area contributed by atoms with Gasteiger partial charge in [-0.3, -0.25) is 5.10 Å². The average Bonchev–Trinajstić information content (AvgIpc) is 2.53. The zero-order valence-corrected chi connectivity index (χ0v) is 6.66. The summed E-state index contributed by atoms with van der Waals surface area (Å²) >= 11 is 0. The maximum atomic E-state index is 12.8. The monoisotopic (exact) mass is 178 g/mol. The molecule has 0 bridgehead atoms. The lowest BCUT2D eigenvalue weighted by atomic mass is 10.1. The van der Waals surface area contributed by atoms with Crippen molar-refractivity contribution in [2.24, 2.45) is 0 Å². The molecule has 0 amide bonds. The lowest BCUT2D eigenvalue weighted by Gasteiger charge is -1.98. The molecule has 4 heteroatoms. The van der Waals surface area contributed by atoms with Crippen molar-refractivity contribution >= 4 is 0 Å². The predicted molar refractivity (Wildman–Crippen MR) is 45.6 cm³/mol. The van der Waals surface area contributed by atoms with Crippen LogP contribution in [0.2, 0.25) is 0 Å². The molecule has 0 atom stereocenters. The highest BCUT2D eigenvalue weighted by molar-refractivity contribution is 5.63. The number of nitrogens with zero attached hydrogens (tertiary/aromatic N) is 1. The summed E-state index contributed by atoms with van der Waals surface area (Å²) in [5.41, 5.74) is 1.35. The molecule has 0 saturated heterocycles. The predicted octanol–water partition coefficient (Wildman–Crippen LogP) is 1.92. The maximum absolute atomic E-state index is 12.8. The molecule has 0 unspecified atom stereocenters. The number of nitrogens with one attached hydrogen (secondary N) is 1. The van der Waals surface area contributed by atoms with Crippen LogP contribution >= 0.6 is 0 Å². The normalized spacial score (nSPS) is 10.2. The van der Waals surface area contributed by atoms with Gasteiger partial charge >= 0.3 is 0 Å². The highest BCUT2D eigenvalue weighted by Crippen LogP contribution is 2.23. The summed E-state index contributed by atoms with van der Waals surface area (Å²) in [6, 6.07) is 3.88. The Balaban J connectivity index is 2.53. The SMILES string of the molecule is Oc1cc(F)cc(-c2cn[nH]c2)c1. The first kappa shape index (κ1) is 7.79.